The van der Waals surface area contributed by atoms with Gasteiger partial charge in [-0.1, -0.05) is 65.3 Å². The fourth-order valence-electron chi connectivity index (χ4n) is 2.58. The molecule has 2 aromatic carbocycles. The minimum absolute atomic E-state index is 0.0820. The fourth-order valence-corrected chi connectivity index (χ4v) is 2.84. The first-order valence-corrected chi connectivity index (χ1v) is 8.09. The fraction of sp³-hybridized carbons (Fsp3) is 0.333. The van der Waals surface area contributed by atoms with E-state index in [1.165, 1.54) is 11.1 Å². The lowest BCUT2D eigenvalue weighted by Crippen LogP contribution is -2.30. The number of benzene rings is 2. The van der Waals surface area contributed by atoms with E-state index in [1.54, 1.807) is 0 Å². The zero-order valence-electron chi connectivity index (χ0n) is 12.7. The largest absolute Gasteiger partial charge is 0.324 e. The second kappa shape index (κ2) is 7.74. The molecule has 0 aliphatic heterocycles. The molecule has 0 fully saturated rings. The van der Waals surface area contributed by atoms with Crippen molar-refractivity contribution in [2.45, 2.75) is 19.5 Å². The maximum atomic E-state index is 6.37. The number of halogens is 1. The Labute approximate surface area is 136 Å². The molecule has 0 aromatic heterocycles. The third-order valence-electron chi connectivity index (χ3n) is 3.76. The lowest BCUT2D eigenvalue weighted by atomic mass is 9.95. The Balaban J connectivity index is 1.89. The summed E-state index contributed by atoms with van der Waals surface area (Å²) < 4.78 is 1.12. The van der Waals surface area contributed by atoms with Gasteiger partial charge in [-0.05, 0) is 36.2 Å². The second-order valence-electron chi connectivity index (χ2n) is 5.74. The van der Waals surface area contributed by atoms with Crippen LogP contribution in [0.2, 0.25) is 0 Å². The number of hydrogen-bond acceptors (Lipinski definition) is 2. The van der Waals surface area contributed by atoms with Gasteiger partial charge in [-0.2, -0.15) is 0 Å². The molecule has 0 radical (unpaired) electrons. The maximum Gasteiger partial charge on any atom is 0.0333 e. The average Bonchev–Trinajstić information content (AvgIpc) is 2.49. The SMILES string of the molecule is CC(CN(C)Cc1ccc(Br)cc1)C(N)c1ccccc1. The van der Waals surface area contributed by atoms with Crippen molar-refractivity contribution >= 4 is 15.9 Å². The molecule has 2 unspecified atom stereocenters. The Bertz CT molecular complexity index is 539. The van der Waals surface area contributed by atoms with Gasteiger partial charge in [0.1, 0.15) is 0 Å². The van der Waals surface area contributed by atoms with Crippen molar-refractivity contribution in [3.63, 3.8) is 0 Å². The minimum Gasteiger partial charge on any atom is -0.324 e. The summed E-state index contributed by atoms with van der Waals surface area (Å²) in [4.78, 5) is 2.33. The van der Waals surface area contributed by atoms with Crippen LogP contribution < -0.4 is 5.73 Å². The first kappa shape index (κ1) is 16.2. The van der Waals surface area contributed by atoms with Crippen LogP contribution in [0.4, 0.5) is 0 Å². The standard InChI is InChI=1S/C18H23BrN2/c1-14(18(20)16-6-4-3-5-7-16)12-21(2)13-15-8-10-17(19)11-9-15/h3-11,14,18H,12-13,20H2,1-2H3. The Morgan fingerprint density at radius 2 is 1.67 bits per heavy atom. The number of hydrogen-bond donors (Lipinski definition) is 1. The van der Waals surface area contributed by atoms with Crippen molar-refractivity contribution in [3.05, 3.63) is 70.2 Å². The van der Waals surface area contributed by atoms with E-state index in [1.807, 2.05) is 18.2 Å². The molecule has 0 aliphatic rings. The highest BCUT2D eigenvalue weighted by Crippen LogP contribution is 2.20. The Morgan fingerprint density at radius 1 is 1.05 bits per heavy atom. The Morgan fingerprint density at radius 3 is 2.29 bits per heavy atom. The maximum absolute atomic E-state index is 6.37. The van der Waals surface area contributed by atoms with Crippen molar-refractivity contribution in [2.24, 2.45) is 11.7 Å². The van der Waals surface area contributed by atoms with E-state index in [4.69, 9.17) is 5.73 Å². The highest BCUT2D eigenvalue weighted by molar-refractivity contribution is 9.10. The Hall–Kier alpha value is -1.16. The molecule has 112 valence electrons. The lowest BCUT2D eigenvalue weighted by molar-refractivity contribution is 0.258. The number of nitrogens with zero attached hydrogens (tertiary/aromatic N) is 1. The predicted molar refractivity (Wildman–Crippen MR) is 93.0 cm³/mol. The van der Waals surface area contributed by atoms with E-state index < -0.39 is 0 Å². The van der Waals surface area contributed by atoms with Crippen molar-refractivity contribution in [1.29, 1.82) is 0 Å². The number of rotatable bonds is 6. The monoisotopic (exact) mass is 346 g/mol. The normalized spacial score (nSPS) is 14.1. The molecule has 2 atom stereocenters. The van der Waals surface area contributed by atoms with Crippen LogP contribution >= 0.6 is 15.9 Å². The molecule has 0 bridgehead atoms. The molecule has 2 nitrogen and oxygen atoms in total. The van der Waals surface area contributed by atoms with Gasteiger partial charge in [0, 0.05) is 23.6 Å². The number of nitrogens with two attached hydrogens (primary N) is 1. The van der Waals surface area contributed by atoms with Gasteiger partial charge in [0.05, 0.1) is 0 Å². The molecule has 2 aromatic rings. The summed E-state index contributed by atoms with van der Waals surface area (Å²) in [6.45, 7) is 4.14. The molecule has 21 heavy (non-hydrogen) atoms. The van der Waals surface area contributed by atoms with E-state index >= 15 is 0 Å². The van der Waals surface area contributed by atoms with Crippen molar-refractivity contribution in [3.8, 4) is 0 Å². The van der Waals surface area contributed by atoms with Crippen LogP contribution in [0.25, 0.3) is 0 Å². The van der Waals surface area contributed by atoms with Crippen LogP contribution in [0.15, 0.2) is 59.1 Å². The molecule has 3 heteroatoms. The van der Waals surface area contributed by atoms with E-state index in [9.17, 15) is 0 Å². The molecule has 2 rings (SSSR count). The summed E-state index contributed by atoms with van der Waals surface area (Å²) in [6, 6.07) is 18.9. The average molecular weight is 347 g/mol. The summed E-state index contributed by atoms with van der Waals surface area (Å²) in [7, 11) is 2.15. The molecule has 0 aliphatic carbocycles. The predicted octanol–water partition coefficient (Wildman–Crippen LogP) is 4.22. The molecular weight excluding hydrogens is 324 g/mol. The summed E-state index contributed by atoms with van der Waals surface area (Å²) in [5.41, 5.74) is 8.90. The topological polar surface area (TPSA) is 29.3 Å². The smallest absolute Gasteiger partial charge is 0.0333 e. The Kier molecular flexibility index (Phi) is 5.97. The molecule has 0 heterocycles. The molecule has 0 saturated heterocycles. The van der Waals surface area contributed by atoms with E-state index in [-0.39, 0.29) is 6.04 Å². The van der Waals surface area contributed by atoms with Gasteiger partial charge in [0.25, 0.3) is 0 Å². The van der Waals surface area contributed by atoms with Gasteiger partial charge in [0.2, 0.25) is 0 Å². The van der Waals surface area contributed by atoms with Gasteiger partial charge >= 0.3 is 0 Å². The highest BCUT2D eigenvalue weighted by Gasteiger charge is 2.16. The summed E-state index contributed by atoms with van der Waals surface area (Å²) in [6.07, 6.45) is 0. The van der Waals surface area contributed by atoms with E-state index in [2.05, 4.69) is 71.2 Å². The van der Waals surface area contributed by atoms with Crippen LogP contribution in [0.1, 0.15) is 24.1 Å². The van der Waals surface area contributed by atoms with Gasteiger partial charge in [0.15, 0.2) is 0 Å². The zero-order chi connectivity index (χ0) is 15.2. The van der Waals surface area contributed by atoms with Gasteiger partial charge in [-0.25, -0.2) is 0 Å². The third-order valence-corrected chi connectivity index (χ3v) is 4.29. The molecule has 0 amide bonds. The molecule has 0 spiro atoms. The summed E-state index contributed by atoms with van der Waals surface area (Å²) >= 11 is 3.47. The first-order valence-electron chi connectivity index (χ1n) is 7.30. The van der Waals surface area contributed by atoms with Crippen LogP contribution in [0, 0.1) is 5.92 Å². The first-order chi connectivity index (χ1) is 10.1. The van der Waals surface area contributed by atoms with Gasteiger partial charge in [-0.15, -0.1) is 0 Å². The van der Waals surface area contributed by atoms with Crippen molar-refractivity contribution < 1.29 is 0 Å². The summed E-state index contributed by atoms with van der Waals surface area (Å²) in [5.74, 6) is 0.410. The van der Waals surface area contributed by atoms with E-state index in [0.717, 1.165) is 17.6 Å². The minimum atomic E-state index is 0.0820. The van der Waals surface area contributed by atoms with E-state index in [0.29, 0.717) is 5.92 Å². The van der Waals surface area contributed by atoms with Crippen molar-refractivity contribution in [1.82, 2.24) is 4.90 Å². The van der Waals surface area contributed by atoms with Crippen LogP contribution in [-0.4, -0.2) is 18.5 Å². The second-order valence-corrected chi connectivity index (χ2v) is 6.65. The highest BCUT2D eigenvalue weighted by atomic mass is 79.9. The van der Waals surface area contributed by atoms with Crippen LogP contribution in [0.3, 0.4) is 0 Å². The molecule has 2 N–H and O–H groups in total. The zero-order valence-corrected chi connectivity index (χ0v) is 14.3. The third kappa shape index (κ3) is 4.95. The van der Waals surface area contributed by atoms with Crippen molar-refractivity contribution in [2.75, 3.05) is 13.6 Å². The quantitative estimate of drug-likeness (QED) is 0.848. The molecular formula is C18H23BrN2. The lowest BCUT2D eigenvalue weighted by Gasteiger charge is -2.26. The van der Waals surface area contributed by atoms with Gasteiger partial charge in [-0.3, -0.25) is 0 Å². The van der Waals surface area contributed by atoms with Crippen LogP contribution in [0.5, 0.6) is 0 Å². The molecule has 0 saturated carbocycles. The summed E-state index contributed by atoms with van der Waals surface area (Å²) in [5, 5.41) is 0. The van der Waals surface area contributed by atoms with Gasteiger partial charge < -0.3 is 10.6 Å². The van der Waals surface area contributed by atoms with Crippen LogP contribution in [-0.2, 0) is 6.54 Å².